The molecule has 5 aromatic rings. The maximum absolute atomic E-state index is 7.23. The molecule has 0 saturated carbocycles. The number of hydrogen-bond acceptors (Lipinski definition) is 3. The van der Waals surface area contributed by atoms with Crippen LogP contribution in [0.15, 0.2) is 140 Å². The third-order valence-corrected chi connectivity index (χ3v) is 5.70. The quantitative estimate of drug-likeness (QED) is 0.178. The summed E-state index contributed by atoms with van der Waals surface area (Å²) in [5.74, 6) is 0. The Morgan fingerprint density at radius 2 is 1.36 bits per heavy atom. The minimum atomic E-state index is -2.09. The van der Waals surface area contributed by atoms with Crippen LogP contribution in [0.1, 0.15) is 24.9 Å². The first-order valence-electron chi connectivity index (χ1n) is 16.1. The van der Waals surface area contributed by atoms with Crippen molar-refractivity contribution in [3.63, 3.8) is 0 Å². The normalized spacial score (nSPS) is 15.6. The van der Waals surface area contributed by atoms with Crippen molar-refractivity contribution >= 4 is 0 Å². The fraction of sp³-hybridized carbons (Fsp3) is 0.108. The Kier molecular flexibility index (Phi) is 10.7. The molecule has 3 aromatic carbocycles. The van der Waals surface area contributed by atoms with Crippen molar-refractivity contribution in [3.8, 4) is 22.5 Å². The summed E-state index contributed by atoms with van der Waals surface area (Å²) in [6, 6.07) is 37.9. The Bertz CT molecular complexity index is 1580. The summed E-state index contributed by atoms with van der Waals surface area (Å²) in [5.41, 5.74) is 5.00. The molecule has 2 aromatic heterocycles. The molecule has 1 unspecified atom stereocenters. The average Bonchev–Trinajstić information content (AvgIpc) is 3.10. The molecule has 4 nitrogen and oxygen atoms in total. The molecule has 1 aliphatic rings. The van der Waals surface area contributed by atoms with Gasteiger partial charge in [-0.2, -0.15) is 6.20 Å². The van der Waals surface area contributed by atoms with E-state index in [0.717, 1.165) is 28.9 Å². The fourth-order valence-electron chi connectivity index (χ4n) is 3.63. The second-order valence-electron chi connectivity index (χ2n) is 8.80. The maximum Gasteiger partial charge on any atom is 0.0280 e. The molecule has 1 radical (unpaired) electrons. The van der Waals surface area contributed by atoms with E-state index in [9.17, 15) is 0 Å². The summed E-state index contributed by atoms with van der Waals surface area (Å²) in [4.78, 5) is 8.25. The van der Waals surface area contributed by atoms with Gasteiger partial charge in [0, 0.05) is 40.7 Å². The van der Waals surface area contributed by atoms with E-state index >= 15 is 0 Å². The van der Waals surface area contributed by atoms with Gasteiger partial charge in [0.1, 0.15) is 0 Å². The van der Waals surface area contributed by atoms with Gasteiger partial charge in [0.05, 0.1) is 0 Å². The maximum atomic E-state index is 7.23. The van der Waals surface area contributed by atoms with E-state index < -0.39 is 13.7 Å². The number of hydrogen-bond donors (Lipinski definition) is 1. The van der Waals surface area contributed by atoms with Gasteiger partial charge in [-0.25, -0.2) is 0 Å². The SMILES string of the molecule is C1=C[N-]C(N[CH-]Cc2ccccc2)C=C1.[2H]C([2H])([2H])c1ccc(-c2[c-]cccc2)nc1.[2H]C([2H])([2H])c1ccc(-c2[c-]cccc2)nc1.[Ir]. The van der Waals surface area contributed by atoms with Crippen LogP contribution in [0.2, 0.25) is 0 Å². The van der Waals surface area contributed by atoms with Gasteiger partial charge in [-0.3, -0.25) is 6.54 Å². The van der Waals surface area contributed by atoms with E-state index in [2.05, 4.69) is 57.0 Å². The Morgan fingerprint density at radius 1 is 0.762 bits per heavy atom. The van der Waals surface area contributed by atoms with Gasteiger partial charge >= 0.3 is 0 Å². The monoisotopic (exact) mass is 733 g/mol. The molecule has 1 atom stereocenters. The number of aromatic nitrogens is 2. The summed E-state index contributed by atoms with van der Waals surface area (Å²) in [6.07, 6.45) is 11.6. The van der Waals surface area contributed by atoms with Gasteiger partial charge in [0.2, 0.25) is 0 Å². The summed E-state index contributed by atoms with van der Waals surface area (Å²) >= 11 is 0. The second kappa shape index (κ2) is 18.3. The molecule has 215 valence electrons. The summed E-state index contributed by atoms with van der Waals surface area (Å²) in [7, 11) is 0. The van der Waals surface area contributed by atoms with E-state index in [-0.39, 0.29) is 37.4 Å². The Balaban J connectivity index is 0.000000193. The standard InChI is InChI=1S/C13H14N2.2C12H10N.Ir/c1-2-6-12(7-3-1)9-11-15-13-8-4-5-10-14-13;2*1-10-7-8-12(13-9-10)11-5-3-2-4-6-11;/h1-8,10-11,13,15H,9H2;2*2-5,7-9H,1H3;/q-2;2*-1;/i;2*1D3;. The van der Waals surface area contributed by atoms with E-state index in [1.165, 1.54) is 18.0 Å². The number of rotatable bonds is 6. The second-order valence-corrected chi connectivity index (χ2v) is 8.80. The number of pyridine rings is 2. The Labute approximate surface area is 272 Å². The first kappa shape index (κ1) is 24.4. The predicted octanol–water partition coefficient (Wildman–Crippen LogP) is 8.48. The van der Waals surface area contributed by atoms with E-state index in [0.29, 0.717) is 0 Å². The zero-order valence-corrected chi connectivity index (χ0v) is 25.2. The fourth-order valence-corrected chi connectivity index (χ4v) is 3.63. The van der Waals surface area contributed by atoms with Crippen molar-refractivity contribution in [2.24, 2.45) is 0 Å². The van der Waals surface area contributed by atoms with Crippen LogP contribution in [0, 0.1) is 32.4 Å². The summed E-state index contributed by atoms with van der Waals surface area (Å²) in [6.45, 7) is -2.13. The number of allylic oxidation sites excluding steroid dienone is 2. The molecule has 0 aliphatic carbocycles. The van der Waals surface area contributed by atoms with E-state index in [4.69, 9.17) is 8.22 Å². The minimum Gasteiger partial charge on any atom is -0.675 e. The molecule has 1 aliphatic heterocycles. The van der Waals surface area contributed by atoms with Gasteiger partial charge in [0.15, 0.2) is 0 Å². The van der Waals surface area contributed by atoms with Crippen molar-refractivity contribution < 1.29 is 28.3 Å². The summed E-state index contributed by atoms with van der Waals surface area (Å²) < 4.78 is 43.4. The Hall–Kier alpha value is -4.15. The van der Waals surface area contributed by atoms with Gasteiger partial charge in [-0.1, -0.05) is 84.6 Å². The van der Waals surface area contributed by atoms with Crippen molar-refractivity contribution in [3.05, 3.63) is 181 Å². The van der Waals surface area contributed by atoms with Crippen LogP contribution in [-0.2, 0) is 26.5 Å². The molecule has 0 fully saturated rings. The molecule has 5 heteroatoms. The zero-order valence-electron chi connectivity index (χ0n) is 28.8. The molecule has 0 spiro atoms. The van der Waals surface area contributed by atoms with Gasteiger partial charge in [-0.15, -0.1) is 78.2 Å². The van der Waals surface area contributed by atoms with Crippen molar-refractivity contribution in [2.45, 2.75) is 26.3 Å². The van der Waals surface area contributed by atoms with Crippen LogP contribution in [0.25, 0.3) is 27.8 Å². The average molecular weight is 733 g/mol. The van der Waals surface area contributed by atoms with Crippen molar-refractivity contribution in [1.29, 1.82) is 0 Å². The topological polar surface area (TPSA) is 51.9 Å². The third-order valence-electron chi connectivity index (χ3n) is 5.70. The molecule has 42 heavy (non-hydrogen) atoms. The number of nitrogens with one attached hydrogen (secondary N) is 1. The van der Waals surface area contributed by atoms with Crippen LogP contribution in [0.5, 0.6) is 0 Å². The van der Waals surface area contributed by atoms with Crippen LogP contribution in [0.3, 0.4) is 0 Å². The molecule has 0 saturated heterocycles. The molecule has 1 N–H and O–H groups in total. The molecular weight excluding hydrogens is 693 g/mol. The third kappa shape index (κ3) is 11.4. The van der Waals surface area contributed by atoms with Crippen LogP contribution >= 0.6 is 0 Å². The predicted molar refractivity (Wildman–Crippen MR) is 170 cm³/mol. The number of benzene rings is 3. The largest absolute Gasteiger partial charge is 0.675 e. The van der Waals surface area contributed by atoms with Crippen LogP contribution in [-0.4, -0.2) is 16.1 Å². The van der Waals surface area contributed by atoms with E-state index in [1.807, 2.05) is 73.4 Å². The first-order valence-corrected chi connectivity index (χ1v) is 13.1. The molecule has 0 bridgehead atoms. The van der Waals surface area contributed by atoms with Crippen LogP contribution < -0.4 is 5.32 Å². The van der Waals surface area contributed by atoms with Crippen molar-refractivity contribution in [2.75, 3.05) is 0 Å². The first-order chi connectivity index (χ1) is 22.6. The van der Waals surface area contributed by atoms with Gasteiger partial charge in [0.25, 0.3) is 0 Å². The molecule has 3 heterocycles. The molecule has 0 amide bonds. The van der Waals surface area contributed by atoms with Crippen molar-refractivity contribution in [1.82, 2.24) is 15.3 Å². The van der Waals surface area contributed by atoms with E-state index in [1.54, 1.807) is 36.4 Å². The zero-order chi connectivity index (χ0) is 33.5. The molecule has 6 rings (SSSR count). The van der Waals surface area contributed by atoms with Gasteiger partial charge in [-0.05, 0) is 36.2 Å². The molecular formula is C37H34IrN4-4. The summed E-state index contributed by atoms with van der Waals surface area (Å²) in [5, 5.41) is 7.49. The number of nitrogens with zero attached hydrogens (tertiary/aromatic N) is 3. The van der Waals surface area contributed by atoms with Crippen LogP contribution in [0.4, 0.5) is 0 Å². The smallest absolute Gasteiger partial charge is 0.0280 e. The van der Waals surface area contributed by atoms with Gasteiger partial charge < -0.3 is 20.6 Å². The number of aryl methyl sites for hydroxylation is 2. The minimum absolute atomic E-state index is 0. The Morgan fingerprint density at radius 3 is 1.81 bits per heavy atom.